The van der Waals surface area contributed by atoms with E-state index >= 15 is 0 Å². The van der Waals surface area contributed by atoms with Crippen LogP contribution in [0.25, 0.3) is 11.1 Å². The van der Waals surface area contributed by atoms with Crippen LogP contribution < -0.4 is 24.0 Å². The van der Waals surface area contributed by atoms with Gasteiger partial charge in [-0.15, -0.1) is 24.0 Å². The molecule has 3 rings (SSSR count). The van der Waals surface area contributed by atoms with Gasteiger partial charge >= 0.3 is 0 Å². The third-order valence-corrected chi connectivity index (χ3v) is 8.04. The molecule has 0 aromatic heterocycles. The number of hydrogen-bond donors (Lipinski definition) is 0. The standard InChI is InChI=1S/C33H54N2.2HI/c1-27-17-19-29-30-20-18-28(2)26-32(30)33(31(29)25-27,21-13-9-11-15-23-34(3,4)5)22-14-10-12-16-24-35(6,7)8;;/h17-20,25-26H,9-16,21-24H2,1-8H3;2*1H/q+2;;/p-1. The number of rotatable bonds is 14. The average Bonchev–Trinajstić information content (AvgIpc) is 3.00. The van der Waals surface area contributed by atoms with Crippen LogP contribution in [0.3, 0.4) is 0 Å². The van der Waals surface area contributed by atoms with E-state index in [2.05, 4.69) is 92.5 Å². The summed E-state index contributed by atoms with van der Waals surface area (Å²) in [4.78, 5) is 0. The van der Waals surface area contributed by atoms with Crippen LogP contribution in [-0.4, -0.2) is 64.3 Å². The highest BCUT2D eigenvalue weighted by molar-refractivity contribution is 14.0. The van der Waals surface area contributed by atoms with Crippen LogP contribution in [0.4, 0.5) is 0 Å². The second-order valence-electron chi connectivity index (χ2n) is 13.5. The Morgan fingerprint density at radius 1 is 0.541 bits per heavy atom. The molecule has 4 heteroatoms. The van der Waals surface area contributed by atoms with Crippen LogP contribution in [0.2, 0.25) is 0 Å². The van der Waals surface area contributed by atoms with E-state index in [9.17, 15) is 0 Å². The minimum Gasteiger partial charge on any atom is -1.00 e. The molecule has 0 fully saturated rings. The largest absolute Gasteiger partial charge is 1.00 e. The predicted octanol–water partition coefficient (Wildman–Crippen LogP) is 5.51. The maximum absolute atomic E-state index is 2.53. The van der Waals surface area contributed by atoms with Crippen molar-refractivity contribution in [2.45, 2.75) is 83.5 Å². The summed E-state index contributed by atoms with van der Waals surface area (Å²) >= 11 is 0. The highest BCUT2D eigenvalue weighted by Crippen LogP contribution is 2.54. The van der Waals surface area contributed by atoms with Gasteiger partial charge in [0.05, 0.1) is 55.4 Å². The molecule has 0 radical (unpaired) electrons. The molecule has 0 bridgehead atoms. The maximum Gasteiger partial charge on any atom is 0.0780 e. The Bertz CT molecular complexity index is 890. The molecule has 210 valence electrons. The molecule has 37 heavy (non-hydrogen) atoms. The molecule has 0 spiro atoms. The van der Waals surface area contributed by atoms with Crippen molar-refractivity contribution >= 4 is 24.0 Å². The lowest BCUT2D eigenvalue weighted by molar-refractivity contribution is -0.870. The van der Waals surface area contributed by atoms with E-state index in [0.29, 0.717) is 0 Å². The Morgan fingerprint density at radius 3 is 1.24 bits per heavy atom. The zero-order valence-corrected chi connectivity index (χ0v) is 29.6. The number of hydrogen-bond acceptors (Lipinski definition) is 0. The Morgan fingerprint density at radius 2 is 0.892 bits per heavy atom. The van der Waals surface area contributed by atoms with Gasteiger partial charge in [-0.3, -0.25) is 0 Å². The Labute approximate surface area is 263 Å². The number of aryl methyl sites for hydroxylation is 2. The van der Waals surface area contributed by atoms with Gasteiger partial charge in [0.25, 0.3) is 0 Å². The minimum absolute atomic E-state index is 0. The van der Waals surface area contributed by atoms with E-state index in [0.717, 1.165) is 8.97 Å². The van der Waals surface area contributed by atoms with Crippen molar-refractivity contribution in [3.8, 4) is 11.1 Å². The third-order valence-electron chi connectivity index (χ3n) is 8.04. The number of fused-ring (bicyclic) bond motifs is 3. The number of halogens is 2. The van der Waals surface area contributed by atoms with Crippen LogP contribution in [0.15, 0.2) is 36.4 Å². The molecular formula is C33H55I2N2+. The molecule has 0 aliphatic heterocycles. The lowest BCUT2D eigenvalue weighted by Gasteiger charge is -2.33. The molecule has 1 aliphatic carbocycles. The Kier molecular flexibility index (Phi) is 14.1. The highest BCUT2D eigenvalue weighted by atomic mass is 127. The molecule has 0 atom stereocenters. The van der Waals surface area contributed by atoms with Crippen LogP contribution in [0, 0.1) is 13.8 Å². The van der Waals surface area contributed by atoms with Gasteiger partial charge in [-0.2, -0.15) is 0 Å². The van der Waals surface area contributed by atoms with Crippen LogP contribution >= 0.6 is 24.0 Å². The van der Waals surface area contributed by atoms with Crippen molar-refractivity contribution in [3.63, 3.8) is 0 Å². The smallest absolute Gasteiger partial charge is 0.0780 e. The van der Waals surface area contributed by atoms with Gasteiger partial charge in [0.1, 0.15) is 0 Å². The first-order chi connectivity index (χ1) is 16.4. The summed E-state index contributed by atoms with van der Waals surface area (Å²) in [6, 6.07) is 14.5. The molecule has 0 saturated carbocycles. The summed E-state index contributed by atoms with van der Waals surface area (Å²) in [5.41, 5.74) is 9.25. The second-order valence-corrected chi connectivity index (χ2v) is 13.5. The predicted molar refractivity (Wildman–Crippen MR) is 170 cm³/mol. The zero-order valence-electron chi connectivity index (χ0n) is 25.1. The van der Waals surface area contributed by atoms with Crippen molar-refractivity contribution in [3.05, 3.63) is 58.7 Å². The molecule has 0 heterocycles. The normalized spacial score (nSPS) is 13.9. The summed E-state index contributed by atoms with van der Waals surface area (Å²) in [6.45, 7) is 7.11. The van der Waals surface area contributed by atoms with Crippen molar-refractivity contribution in [2.24, 2.45) is 0 Å². The summed E-state index contributed by atoms with van der Waals surface area (Å²) in [7, 11) is 13.9. The third kappa shape index (κ3) is 10.1. The van der Waals surface area contributed by atoms with Gasteiger partial charge in [-0.25, -0.2) is 0 Å². The first-order valence-electron chi connectivity index (χ1n) is 14.2. The molecule has 1 aliphatic rings. The van der Waals surface area contributed by atoms with Gasteiger partial charge in [-0.05, 0) is 74.6 Å². The number of unbranched alkanes of at least 4 members (excludes halogenated alkanes) is 6. The number of quaternary nitrogens is 2. The van der Waals surface area contributed by atoms with E-state index in [4.69, 9.17) is 0 Å². The fraction of sp³-hybridized carbons (Fsp3) is 0.636. The average molecular weight is 734 g/mol. The van der Waals surface area contributed by atoms with Gasteiger partial charge in [0.2, 0.25) is 0 Å². The SMILES string of the molecule is Cc1ccc2c(c1)C(CCCCCC[N+](C)(C)C)(CCCCCC[N+](C)(C)C)c1cc(C)ccc1-2.I.[I-]. The summed E-state index contributed by atoms with van der Waals surface area (Å²) in [6.07, 6.45) is 13.4. The van der Waals surface area contributed by atoms with Gasteiger partial charge in [-0.1, -0.05) is 73.2 Å². The van der Waals surface area contributed by atoms with Crippen LogP contribution in [0.5, 0.6) is 0 Å². The van der Waals surface area contributed by atoms with Crippen molar-refractivity contribution in [1.82, 2.24) is 0 Å². The van der Waals surface area contributed by atoms with Crippen molar-refractivity contribution < 1.29 is 32.9 Å². The van der Waals surface area contributed by atoms with E-state index in [-0.39, 0.29) is 53.4 Å². The van der Waals surface area contributed by atoms with E-state index in [1.807, 2.05) is 0 Å². The molecular weight excluding hydrogens is 678 g/mol. The first kappa shape index (κ1) is 34.8. The Balaban J connectivity index is 0.00000342. The second kappa shape index (κ2) is 15.0. The monoisotopic (exact) mass is 733 g/mol. The number of nitrogens with zero attached hydrogens (tertiary/aromatic N) is 2. The maximum atomic E-state index is 2.53. The Hall–Kier alpha value is -0.180. The highest BCUT2D eigenvalue weighted by Gasteiger charge is 2.42. The fourth-order valence-corrected chi connectivity index (χ4v) is 6.12. The lowest BCUT2D eigenvalue weighted by atomic mass is 9.70. The summed E-state index contributed by atoms with van der Waals surface area (Å²) in [5.74, 6) is 0. The van der Waals surface area contributed by atoms with E-state index in [1.54, 1.807) is 11.1 Å². The zero-order chi connectivity index (χ0) is 25.7. The summed E-state index contributed by atoms with van der Waals surface area (Å²) in [5, 5.41) is 0. The number of benzene rings is 2. The minimum atomic E-state index is 0. The van der Waals surface area contributed by atoms with Gasteiger partial charge in [0, 0.05) is 5.41 Å². The molecule has 0 N–H and O–H groups in total. The first-order valence-corrected chi connectivity index (χ1v) is 14.2. The van der Waals surface area contributed by atoms with E-state index in [1.165, 1.54) is 99.6 Å². The van der Waals surface area contributed by atoms with E-state index < -0.39 is 0 Å². The van der Waals surface area contributed by atoms with Crippen molar-refractivity contribution in [2.75, 3.05) is 55.4 Å². The molecule has 0 amide bonds. The molecule has 2 nitrogen and oxygen atoms in total. The van der Waals surface area contributed by atoms with Crippen LogP contribution in [0.1, 0.15) is 86.5 Å². The van der Waals surface area contributed by atoms with Crippen molar-refractivity contribution in [1.29, 1.82) is 0 Å². The quantitative estimate of drug-likeness (QED) is 0.137. The van der Waals surface area contributed by atoms with Crippen LogP contribution in [-0.2, 0) is 5.41 Å². The molecule has 2 aromatic carbocycles. The lowest BCUT2D eigenvalue weighted by Crippen LogP contribution is -3.00. The topological polar surface area (TPSA) is 0 Å². The molecule has 0 saturated heterocycles. The molecule has 0 unspecified atom stereocenters. The fourth-order valence-electron chi connectivity index (χ4n) is 6.12. The summed E-state index contributed by atoms with van der Waals surface area (Å²) < 4.78 is 2.16. The van der Waals surface area contributed by atoms with Gasteiger partial charge < -0.3 is 32.9 Å². The molecule has 2 aromatic rings. The van der Waals surface area contributed by atoms with Gasteiger partial charge in [0.15, 0.2) is 0 Å².